The van der Waals surface area contributed by atoms with Crippen LogP contribution in [0.15, 0.2) is 35.3 Å². The van der Waals surface area contributed by atoms with Gasteiger partial charge in [-0.3, -0.25) is 4.79 Å². The van der Waals surface area contributed by atoms with Gasteiger partial charge in [0.25, 0.3) is 5.56 Å². The highest BCUT2D eigenvalue weighted by molar-refractivity contribution is 5.81. The Labute approximate surface area is 104 Å². The summed E-state index contributed by atoms with van der Waals surface area (Å²) in [5.74, 6) is -0.304. The lowest BCUT2D eigenvalue weighted by molar-refractivity contribution is 0.362. The molecule has 0 spiro atoms. The first-order valence-electron chi connectivity index (χ1n) is 6.27. The van der Waals surface area contributed by atoms with Gasteiger partial charge in [-0.1, -0.05) is 0 Å². The lowest BCUT2D eigenvalue weighted by Gasteiger charge is -2.24. The Balaban J connectivity index is 2.11. The van der Waals surface area contributed by atoms with Crippen molar-refractivity contribution in [2.24, 2.45) is 0 Å². The summed E-state index contributed by atoms with van der Waals surface area (Å²) in [6.45, 7) is 1.89. The molecular weight excluding hydrogens is 231 g/mol. The van der Waals surface area contributed by atoms with Crippen molar-refractivity contribution in [2.45, 2.75) is 18.9 Å². The average molecular weight is 246 g/mol. The summed E-state index contributed by atoms with van der Waals surface area (Å²) in [6.07, 6.45) is 3.72. The highest BCUT2D eigenvalue weighted by atomic mass is 19.1. The van der Waals surface area contributed by atoms with E-state index in [0.717, 1.165) is 25.9 Å². The molecule has 0 bridgehead atoms. The summed E-state index contributed by atoms with van der Waals surface area (Å²) in [5, 5.41) is 4.55. The van der Waals surface area contributed by atoms with Gasteiger partial charge in [-0.15, -0.1) is 0 Å². The first-order valence-corrected chi connectivity index (χ1v) is 6.27. The predicted molar refractivity (Wildman–Crippen MR) is 69.3 cm³/mol. The van der Waals surface area contributed by atoms with Crippen molar-refractivity contribution in [3.8, 4) is 0 Å². The predicted octanol–water partition coefficient (Wildman–Crippen LogP) is 2.07. The fraction of sp³-hybridized carbons (Fsp3) is 0.357. The molecule has 1 fully saturated rings. The summed E-state index contributed by atoms with van der Waals surface area (Å²) in [4.78, 5) is 12.4. The molecular formula is C14H15FN2O. The third kappa shape index (κ3) is 1.93. The van der Waals surface area contributed by atoms with Gasteiger partial charge in [0.05, 0.1) is 0 Å². The quantitative estimate of drug-likeness (QED) is 0.835. The fourth-order valence-corrected chi connectivity index (χ4v) is 2.61. The molecule has 0 unspecified atom stereocenters. The third-order valence-corrected chi connectivity index (χ3v) is 3.60. The van der Waals surface area contributed by atoms with E-state index in [4.69, 9.17) is 0 Å². The molecule has 2 aromatic rings. The maximum atomic E-state index is 13.1. The third-order valence-electron chi connectivity index (χ3n) is 3.60. The van der Waals surface area contributed by atoms with Crippen molar-refractivity contribution in [2.75, 3.05) is 13.1 Å². The molecule has 18 heavy (non-hydrogen) atoms. The summed E-state index contributed by atoms with van der Waals surface area (Å²) < 4.78 is 14.9. The smallest absolute Gasteiger partial charge is 0.258 e. The van der Waals surface area contributed by atoms with Crippen LogP contribution in [0.5, 0.6) is 0 Å². The highest BCUT2D eigenvalue weighted by Crippen LogP contribution is 2.18. The molecule has 1 aliphatic heterocycles. The van der Waals surface area contributed by atoms with Crippen LogP contribution in [0.4, 0.5) is 4.39 Å². The van der Waals surface area contributed by atoms with Crippen molar-refractivity contribution in [1.29, 1.82) is 0 Å². The number of rotatable bonds is 1. The van der Waals surface area contributed by atoms with Crippen LogP contribution >= 0.6 is 0 Å². The molecule has 3 nitrogen and oxygen atoms in total. The molecule has 1 aromatic carbocycles. The minimum absolute atomic E-state index is 0.0144. The van der Waals surface area contributed by atoms with Crippen LogP contribution in [0.2, 0.25) is 0 Å². The van der Waals surface area contributed by atoms with Gasteiger partial charge in [0.15, 0.2) is 0 Å². The summed E-state index contributed by atoms with van der Waals surface area (Å²) >= 11 is 0. The number of fused-ring (bicyclic) bond motifs is 1. The summed E-state index contributed by atoms with van der Waals surface area (Å²) in [7, 11) is 0. The summed E-state index contributed by atoms with van der Waals surface area (Å²) in [6, 6.07) is 6.40. The highest BCUT2D eigenvalue weighted by Gasteiger charge is 2.16. The zero-order valence-corrected chi connectivity index (χ0v) is 10.0. The number of hydrogen-bond acceptors (Lipinski definition) is 2. The number of nitrogens with zero attached hydrogens (tertiary/aromatic N) is 1. The zero-order chi connectivity index (χ0) is 12.5. The van der Waals surface area contributed by atoms with E-state index in [1.165, 1.54) is 12.1 Å². The van der Waals surface area contributed by atoms with Gasteiger partial charge >= 0.3 is 0 Å². The number of halogens is 1. The monoisotopic (exact) mass is 246 g/mol. The van der Waals surface area contributed by atoms with E-state index >= 15 is 0 Å². The largest absolute Gasteiger partial charge is 0.317 e. The minimum Gasteiger partial charge on any atom is -0.317 e. The molecule has 0 atom stereocenters. The summed E-state index contributed by atoms with van der Waals surface area (Å²) in [5.41, 5.74) is -0.0144. The zero-order valence-electron chi connectivity index (χ0n) is 10.0. The molecule has 1 aromatic heterocycles. The van der Waals surface area contributed by atoms with Gasteiger partial charge < -0.3 is 9.88 Å². The van der Waals surface area contributed by atoms with Crippen LogP contribution < -0.4 is 10.9 Å². The van der Waals surface area contributed by atoms with Crippen LogP contribution in [0, 0.1) is 5.82 Å². The SMILES string of the molecule is O=c1c2ccc(F)cc2ccn1C1CCNCC1. The number of nitrogens with one attached hydrogen (secondary N) is 1. The van der Waals surface area contributed by atoms with Gasteiger partial charge in [0.1, 0.15) is 5.82 Å². The number of hydrogen-bond donors (Lipinski definition) is 1. The second kappa shape index (κ2) is 4.53. The first-order chi connectivity index (χ1) is 8.75. The molecule has 0 radical (unpaired) electrons. The van der Waals surface area contributed by atoms with E-state index in [9.17, 15) is 9.18 Å². The van der Waals surface area contributed by atoms with Gasteiger partial charge in [-0.25, -0.2) is 4.39 Å². The van der Waals surface area contributed by atoms with Crippen molar-refractivity contribution in [3.05, 3.63) is 46.6 Å². The molecule has 3 rings (SSSR count). The van der Waals surface area contributed by atoms with Crippen LogP contribution in [0.25, 0.3) is 10.8 Å². The number of aromatic nitrogens is 1. The lowest BCUT2D eigenvalue weighted by Crippen LogP contribution is -2.34. The van der Waals surface area contributed by atoms with Crippen molar-refractivity contribution < 1.29 is 4.39 Å². The lowest BCUT2D eigenvalue weighted by atomic mass is 10.1. The number of benzene rings is 1. The average Bonchev–Trinajstić information content (AvgIpc) is 2.40. The van der Waals surface area contributed by atoms with E-state index in [2.05, 4.69) is 5.32 Å². The normalized spacial score (nSPS) is 17.2. The maximum absolute atomic E-state index is 13.1. The van der Waals surface area contributed by atoms with Crippen molar-refractivity contribution >= 4 is 10.8 Å². The Morgan fingerprint density at radius 2 is 2.00 bits per heavy atom. The Hall–Kier alpha value is -1.68. The van der Waals surface area contributed by atoms with Gasteiger partial charge in [0.2, 0.25) is 0 Å². The molecule has 4 heteroatoms. The van der Waals surface area contributed by atoms with Crippen molar-refractivity contribution in [1.82, 2.24) is 9.88 Å². The number of pyridine rings is 1. The van der Waals surface area contributed by atoms with E-state index in [0.29, 0.717) is 10.8 Å². The molecule has 1 saturated heterocycles. The molecule has 1 N–H and O–H groups in total. The van der Waals surface area contributed by atoms with Crippen LogP contribution in [-0.4, -0.2) is 17.7 Å². The molecule has 0 saturated carbocycles. The Morgan fingerprint density at radius 1 is 1.22 bits per heavy atom. The van der Waals surface area contributed by atoms with E-state index in [1.54, 1.807) is 16.8 Å². The molecule has 0 amide bonds. The van der Waals surface area contributed by atoms with Crippen LogP contribution in [0.3, 0.4) is 0 Å². The van der Waals surface area contributed by atoms with Gasteiger partial charge in [-0.05, 0) is 55.6 Å². The number of piperidine rings is 1. The fourth-order valence-electron chi connectivity index (χ4n) is 2.61. The van der Waals surface area contributed by atoms with E-state index < -0.39 is 0 Å². The second-order valence-electron chi connectivity index (χ2n) is 4.74. The second-order valence-corrected chi connectivity index (χ2v) is 4.74. The van der Waals surface area contributed by atoms with Crippen LogP contribution in [0.1, 0.15) is 18.9 Å². The van der Waals surface area contributed by atoms with Crippen molar-refractivity contribution in [3.63, 3.8) is 0 Å². The molecule has 0 aliphatic carbocycles. The van der Waals surface area contributed by atoms with Gasteiger partial charge in [-0.2, -0.15) is 0 Å². The Kier molecular flexibility index (Phi) is 2.88. The molecule has 94 valence electrons. The topological polar surface area (TPSA) is 34.0 Å². The Bertz CT molecular complexity index is 629. The molecule has 2 heterocycles. The van der Waals surface area contributed by atoms with Gasteiger partial charge in [0, 0.05) is 17.6 Å². The molecule has 1 aliphatic rings. The first kappa shape index (κ1) is 11.4. The van der Waals surface area contributed by atoms with E-state index in [1.807, 2.05) is 6.07 Å². The van der Waals surface area contributed by atoms with Crippen LogP contribution in [-0.2, 0) is 0 Å². The minimum atomic E-state index is -0.304. The standard InChI is InChI=1S/C14H15FN2O/c15-11-1-2-13-10(9-11)5-8-17(14(13)18)12-3-6-16-7-4-12/h1-2,5,8-9,12,16H,3-4,6-7H2. The Morgan fingerprint density at radius 3 is 2.78 bits per heavy atom. The van der Waals surface area contributed by atoms with E-state index in [-0.39, 0.29) is 17.4 Å². The maximum Gasteiger partial charge on any atom is 0.258 e.